The van der Waals surface area contributed by atoms with Crippen molar-refractivity contribution in [2.75, 3.05) is 6.54 Å². The minimum atomic E-state index is -0.937. The fourth-order valence-electron chi connectivity index (χ4n) is 2.11. The number of benzene rings is 1. The van der Waals surface area contributed by atoms with Gasteiger partial charge in [-0.2, -0.15) is 0 Å². The molecule has 1 aliphatic rings. The maximum Gasteiger partial charge on any atom is 0.323 e. The maximum absolute atomic E-state index is 12.7. The quantitative estimate of drug-likeness (QED) is 0.727. The fourth-order valence-corrected chi connectivity index (χ4v) is 2.11. The molecule has 0 bridgehead atoms. The Balaban J connectivity index is 1.75. The summed E-state index contributed by atoms with van der Waals surface area (Å²) < 4.78 is 12.7. The Morgan fingerprint density at radius 3 is 2.40 bits per heavy atom. The van der Waals surface area contributed by atoms with Crippen molar-refractivity contribution < 1.29 is 19.1 Å². The van der Waals surface area contributed by atoms with Crippen LogP contribution in [-0.4, -0.2) is 29.1 Å². The van der Waals surface area contributed by atoms with Gasteiger partial charge >= 0.3 is 5.97 Å². The van der Waals surface area contributed by atoms with E-state index in [0.717, 1.165) is 12.0 Å². The second-order valence-corrected chi connectivity index (χ2v) is 5.00. The molecule has 0 atom stereocenters. The summed E-state index contributed by atoms with van der Waals surface area (Å²) in [6.45, 7) is 0.258. The van der Waals surface area contributed by atoms with Gasteiger partial charge in [-0.1, -0.05) is 12.1 Å². The number of hydrogen-bond donors (Lipinski definition) is 3. The lowest BCUT2D eigenvalue weighted by Crippen LogP contribution is -2.59. The predicted molar refractivity (Wildman–Crippen MR) is 70.5 cm³/mol. The summed E-state index contributed by atoms with van der Waals surface area (Å²) in [6, 6.07) is 5.84. The van der Waals surface area contributed by atoms with Gasteiger partial charge in [0.15, 0.2) is 0 Å². The summed E-state index contributed by atoms with van der Waals surface area (Å²) in [5.74, 6) is -1.51. The molecule has 3 N–H and O–H groups in total. The average Bonchev–Trinajstić information content (AvgIpc) is 2.36. The van der Waals surface area contributed by atoms with Crippen LogP contribution in [0.25, 0.3) is 0 Å². The van der Waals surface area contributed by atoms with Crippen LogP contribution in [-0.2, 0) is 16.1 Å². The number of carboxylic acid groups (broad SMARTS) is 1. The minimum Gasteiger partial charge on any atom is -0.480 e. The average molecular weight is 280 g/mol. The standard InChI is InChI=1S/C14H17FN2O3/c15-11-4-2-10(3-5-11)8-16-12(18)9-17-14(13(19)20)6-1-7-14/h2-5,17H,1,6-9H2,(H,16,18)(H,19,20). The molecule has 1 saturated carbocycles. The lowest BCUT2D eigenvalue weighted by Gasteiger charge is -2.38. The number of aliphatic carboxylic acids is 1. The second kappa shape index (κ2) is 6.00. The first-order chi connectivity index (χ1) is 9.52. The molecule has 20 heavy (non-hydrogen) atoms. The number of rotatable bonds is 6. The highest BCUT2D eigenvalue weighted by Gasteiger charge is 2.44. The highest BCUT2D eigenvalue weighted by atomic mass is 19.1. The van der Waals surface area contributed by atoms with Crippen LogP contribution in [0.3, 0.4) is 0 Å². The Kier molecular flexibility index (Phi) is 4.34. The second-order valence-electron chi connectivity index (χ2n) is 5.00. The molecular formula is C14H17FN2O3. The fraction of sp³-hybridized carbons (Fsp3) is 0.429. The molecule has 1 aromatic rings. The molecule has 6 heteroatoms. The number of amides is 1. The monoisotopic (exact) mass is 280 g/mol. The van der Waals surface area contributed by atoms with E-state index in [1.54, 1.807) is 12.1 Å². The van der Waals surface area contributed by atoms with Crippen LogP contribution in [0.5, 0.6) is 0 Å². The molecule has 0 aliphatic heterocycles. The SMILES string of the molecule is O=C(CNC1(C(=O)O)CCC1)NCc1ccc(F)cc1. The highest BCUT2D eigenvalue weighted by molar-refractivity contribution is 5.82. The first-order valence-corrected chi connectivity index (χ1v) is 6.51. The summed E-state index contributed by atoms with van der Waals surface area (Å²) in [6.07, 6.45) is 1.96. The third kappa shape index (κ3) is 3.33. The van der Waals surface area contributed by atoms with Gasteiger partial charge in [-0.25, -0.2) is 4.39 Å². The van der Waals surface area contributed by atoms with Crippen LogP contribution in [0.4, 0.5) is 4.39 Å². The zero-order valence-corrected chi connectivity index (χ0v) is 11.0. The van der Waals surface area contributed by atoms with E-state index in [2.05, 4.69) is 10.6 Å². The Hall–Kier alpha value is -1.95. The van der Waals surface area contributed by atoms with E-state index in [1.165, 1.54) is 12.1 Å². The third-order valence-electron chi connectivity index (χ3n) is 3.61. The molecule has 0 saturated heterocycles. The maximum atomic E-state index is 12.7. The summed E-state index contributed by atoms with van der Waals surface area (Å²) >= 11 is 0. The molecular weight excluding hydrogens is 263 g/mol. The van der Waals surface area contributed by atoms with Gasteiger partial charge in [-0.3, -0.25) is 14.9 Å². The van der Waals surface area contributed by atoms with Crippen LogP contribution >= 0.6 is 0 Å². The lowest BCUT2D eigenvalue weighted by molar-refractivity contribution is -0.149. The molecule has 5 nitrogen and oxygen atoms in total. The van der Waals surface area contributed by atoms with Crippen molar-refractivity contribution in [1.29, 1.82) is 0 Å². The molecule has 0 unspecified atom stereocenters. The van der Waals surface area contributed by atoms with Crippen molar-refractivity contribution in [2.24, 2.45) is 0 Å². The lowest BCUT2D eigenvalue weighted by atomic mass is 9.77. The Labute approximate surface area is 116 Å². The van der Waals surface area contributed by atoms with Crippen LogP contribution < -0.4 is 10.6 Å². The minimum absolute atomic E-state index is 0.0342. The van der Waals surface area contributed by atoms with E-state index in [4.69, 9.17) is 5.11 Å². The topological polar surface area (TPSA) is 78.4 Å². The van der Waals surface area contributed by atoms with E-state index >= 15 is 0 Å². The number of carbonyl (C=O) groups excluding carboxylic acids is 1. The van der Waals surface area contributed by atoms with Gasteiger partial charge in [0, 0.05) is 6.54 Å². The highest BCUT2D eigenvalue weighted by Crippen LogP contribution is 2.31. The molecule has 0 radical (unpaired) electrons. The van der Waals surface area contributed by atoms with Gasteiger partial charge in [0.1, 0.15) is 11.4 Å². The summed E-state index contributed by atoms with van der Waals surface area (Å²) in [5, 5.41) is 14.6. The molecule has 0 aromatic heterocycles. The number of carbonyl (C=O) groups is 2. The van der Waals surface area contributed by atoms with Gasteiger partial charge in [0.2, 0.25) is 5.91 Å². The summed E-state index contributed by atoms with van der Waals surface area (Å²) in [7, 11) is 0. The van der Waals surface area contributed by atoms with Crippen molar-refractivity contribution in [1.82, 2.24) is 10.6 Å². The molecule has 0 spiro atoms. The normalized spacial score (nSPS) is 16.2. The first-order valence-electron chi connectivity index (χ1n) is 6.51. The number of hydrogen-bond acceptors (Lipinski definition) is 3. The number of halogens is 1. The zero-order chi connectivity index (χ0) is 14.6. The molecule has 0 heterocycles. The molecule has 1 fully saturated rings. The van der Waals surface area contributed by atoms with Crippen molar-refractivity contribution in [3.8, 4) is 0 Å². The number of nitrogens with one attached hydrogen (secondary N) is 2. The third-order valence-corrected chi connectivity index (χ3v) is 3.61. The van der Waals surface area contributed by atoms with E-state index in [-0.39, 0.29) is 18.3 Å². The predicted octanol–water partition coefficient (Wildman–Crippen LogP) is 1.04. The smallest absolute Gasteiger partial charge is 0.323 e. The van der Waals surface area contributed by atoms with Gasteiger partial charge in [-0.15, -0.1) is 0 Å². The van der Waals surface area contributed by atoms with Crippen molar-refractivity contribution in [2.45, 2.75) is 31.3 Å². The van der Waals surface area contributed by atoms with Gasteiger partial charge < -0.3 is 10.4 Å². The van der Waals surface area contributed by atoms with E-state index in [1.807, 2.05) is 0 Å². The molecule has 2 rings (SSSR count). The van der Waals surface area contributed by atoms with Crippen LogP contribution in [0.15, 0.2) is 24.3 Å². The van der Waals surface area contributed by atoms with E-state index in [0.29, 0.717) is 19.4 Å². The van der Waals surface area contributed by atoms with E-state index < -0.39 is 11.5 Å². The first kappa shape index (κ1) is 14.5. The summed E-state index contributed by atoms with van der Waals surface area (Å²) in [5.41, 5.74) is -0.149. The molecule has 1 aliphatic carbocycles. The van der Waals surface area contributed by atoms with Crippen LogP contribution in [0.2, 0.25) is 0 Å². The van der Waals surface area contributed by atoms with Crippen molar-refractivity contribution in [3.05, 3.63) is 35.6 Å². The number of carboxylic acids is 1. The van der Waals surface area contributed by atoms with Gasteiger partial charge in [0.25, 0.3) is 0 Å². The van der Waals surface area contributed by atoms with Gasteiger partial charge in [0.05, 0.1) is 6.54 Å². The van der Waals surface area contributed by atoms with Crippen LogP contribution in [0.1, 0.15) is 24.8 Å². The van der Waals surface area contributed by atoms with Crippen molar-refractivity contribution >= 4 is 11.9 Å². The van der Waals surface area contributed by atoms with Crippen LogP contribution in [0, 0.1) is 5.82 Å². The zero-order valence-electron chi connectivity index (χ0n) is 11.0. The van der Waals surface area contributed by atoms with E-state index in [9.17, 15) is 14.0 Å². The largest absolute Gasteiger partial charge is 0.480 e. The Morgan fingerprint density at radius 1 is 1.25 bits per heavy atom. The molecule has 108 valence electrons. The Morgan fingerprint density at radius 2 is 1.90 bits per heavy atom. The molecule has 1 aromatic carbocycles. The molecule has 1 amide bonds. The van der Waals surface area contributed by atoms with Gasteiger partial charge in [-0.05, 0) is 37.0 Å². The Bertz CT molecular complexity index is 498. The summed E-state index contributed by atoms with van der Waals surface area (Å²) in [4.78, 5) is 22.7. The van der Waals surface area contributed by atoms with Crippen molar-refractivity contribution in [3.63, 3.8) is 0 Å².